The Kier molecular flexibility index (Phi) is 2.81. The van der Waals surface area contributed by atoms with Crippen molar-refractivity contribution in [1.82, 2.24) is 10.4 Å². The van der Waals surface area contributed by atoms with Gasteiger partial charge in [-0.15, -0.1) is 0 Å². The van der Waals surface area contributed by atoms with Crippen molar-refractivity contribution in [3.05, 3.63) is 5.56 Å². The fourth-order valence-electron chi connectivity index (χ4n) is 1.87. The summed E-state index contributed by atoms with van der Waals surface area (Å²) < 4.78 is 0. The molecule has 0 unspecified atom stereocenters. The molecule has 98 valence electrons. The van der Waals surface area contributed by atoms with Crippen LogP contribution in [0.15, 0.2) is 0 Å². The number of nitrogens with one attached hydrogen (secondary N) is 2. The second kappa shape index (κ2) is 4.17. The third-order valence-electron chi connectivity index (χ3n) is 2.75. The zero-order chi connectivity index (χ0) is 13.4. The van der Waals surface area contributed by atoms with Crippen LogP contribution in [0, 0.1) is 0 Å². The van der Waals surface area contributed by atoms with Crippen molar-refractivity contribution >= 4 is 10.9 Å². The minimum absolute atomic E-state index is 0.0375. The maximum absolute atomic E-state index is 9.75. The number of aromatic amines is 1. The van der Waals surface area contributed by atoms with E-state index in [4.69, 9.17) is 5.84 Å². The Hall–Kier alpha value is -2.32. The van der Waals surface area contributed by atoms with E-state index in [1.54, 1.807) is 0 Å². The topological polar surface area (TPSA) is 155 Å². The number of H-pyrrole nitrogens is 1. The minimum Gasteiger partial charge on any atom is -0.504 e. The highest BCUT2D eigenvalue weighted by atomic mass is 16.3. The molecule has 0 amide bonds. The summed E-state index contributed by atoms with van der Waals surface area (Å²) in [4.78, 5) is 2.42. The normalized spacial score (nSPS) is 11.2. The third kappa shape index (κ3) is 1.55. The van der Waals surface area contributed by atoms with E-state index in [0.29, 0.717) is 6.54 Å². The number of rotatable bonds is 3. The summed E-state index contributed by atoms with van der Waals surface area (Å²) >= 11 is 0. The van der Waals surface area contributed by atoms with E-state index in [-0.39, 0.29) is 28.8 Å². The highest BCUT2D eigenvalue weighted by Gasteiger charge is 2.24. The monoisotopic (exact) mass is 255 g/mol. The Morgan fingerprint density at radius 1 is 0.944 bits per heavy atom. The Labute approximate surface area is 101 Å². The number of nitrogens with two attached hydrogens (primary N) is 1. The number of aromatic hydroxyl groups is 5. The van der Waals surface area contributed by atoms with Gasteiger partial charge in [-0.3, -0.25) is 11.3 Å². The van der Waals surface area contributed by atoms with Crippen LogP contribution in [-0.2, 0) is 6.42 Å². The number of phenols is 4. The minimum atomic E-state index is -0.857. The van der Waals surface area contributed by atoms with E-state index in [1.165, 1.54) is 0 Å². The van der Waals surface area contributed by atoms with Crippen molar-refractivity contribution in [2.24, 2.45) is 5.84 Å². The van der Waals surface area contributed by atoms with Gasteiger partial charge in [0.05, 0.1) is 10.9 Å². The highest BCUT2D eigenvalue weighted by molar-refractivity contribution is 5.99. The number of benzene rings is 1. The van der Waals surface area contributed by atoms with E-state index < -0.39 is 23.0 Å². The molecule has 18 heavy (non-hydrogen) atoms. The van der Waals surface area contributed by atoms with Gasteiger partial charge in [0.1, 0.15) is 0 Å². The molecule has 1 heterocycles. The van der Waals surface area contributed by atoms with Gasteiger partial charge in [-0.1, -0.05) is 0 Å². The number of fused-ring (bicyclic) bond motifs is 1. The Morgan fingerprint density at radius 3 is 2.17 bits per heavy atom. The van der Waals surface area contributed by atoms with Crippen LogP contribution < -0.4 is 11.3 Å². The molecular formula is C10H13N3O5. The zero-order valence-electron chi connectivity index (χ0n) is 9.23. The number of phenolic OH excluding ortho intramolecular Hbond substituents is 4. The van der Waals surface area contributed by atoms with Crippen molar-refractivity contribution in [3.63, 3.8) is 0 Å². The Balaban J connectivity index is 2.77. The van der Waals surface area contributed by atoms with Crippen LogP contribution in [-0.4, -0.2) is 37.1 Å². The predicted octanol–water partition coefficient (Wildman–Crippen LogP) is -0.298. The molecular weight excluding hydrogens is 242 g/mol. The fraction of sp³-hybridized carbons (Fsp3) is 0.200. The van der Waals surface area contributed by atoms with E-state index >= 15 is 0 Å². The number of hydrazine groups is 1. The maximum atomic E-state index is 9.75. The lowest BCUT2D eigenvalue weighted by atomic mass is 10.1. The molecule has 2 aromatic rings. The second-order valence-corrected chi connectivity index (χ2v) is 3.80. The molecule has 0 fully saturated rings. The first-order valence-corrected chi connectivity index (χ1v) is 5.11. The summed E-state index contributed by atoms with van der Waals surface area (Å²) in [6.07, 6.45) is 0.250. The SMILES string of the molecule is NNCCc1c(O)[nH]c2c(O)c(O)c(O)c(O)c12. The van der Waals surface area contributed by atoms with E-state index in [2.05, 4.69) is 10.4 Å². The third-order valence-corrected chi connectivity index (χ3v) is 2.75. The molecule has 0 aliphatic heterocycles. The molecule has 0 aliphatic carbocycles. The lowest BCUT2D eigenvalue weighted by Gasteiger charge is -2.06. The maximum Gasteiger partial charge on any atom is 0.206 e. The smallest absolute Gasteiger partial charge is 0.206 e. The number of hydrogen-bond donors (Lipinski definition) is 8. The first kappa shape index (κ1) is 12.1. The van der Waals surface area contributed by atoms with E-state index in [1.807, 2.05) is 0 Å². The van der Waals surface area contributed by atoms with Crippen molar-refractivity contribution in [1.29, 1.82) is 0 Å². The molecule has 1 aromatic heterocycles. The standard InChI is InChI=1S/C10H13N3O5/c11-12-2-1-3-4-5(13-10(3)18)7(15)9(17)8(16)6(4)14/h12-18H,1-2,11H2. The lowest BCUT2D eigenvalue weighted by molar-refractivity contribution is 0.350. The molecule has 0 bridgehead atoms. The summed E-state index contributed by atoms with van der Waals surface area (Å²) in [5.74, 6) is 1.86. The van der Waals surface area contributed by atoms with Crippen molar-refractivity contribution < 1.29 is 25.5 Å². The molecule has 9 N–H and O–H groups in total. The van der Waals surface area contributed by atoms with Gasteiger partial charge in [0.25, 0.3) is 0 Å². The predicted molar refractivity (Wildman–Crippen MR) is 62.5 cm³/mol. The first-order valence-electron chi connectivity index (χ1n) is 5.11. The number of aromatic nitrogens is 1. The molecule has 0 saturated heterocycles. The summed E-state index contributed by atoms with van der Waals surface area (Å²) in [5, 5.41) is 47.9. The molecule has 1 aromatic carbocycles. The van der Waals surface area contributed by atoms with Crippen LogP contribution in [0.25, 0.3) is 10.9 Å². The van der Waals surface area contributed by atoms with Gasteiger partial charge >= 0.3 is 0 Å². The van der Waals surface area contributed by atoms with E-state index in [0.717, 1.165) is 0 Å². The average Bonchev–Trinajstić information content (AvgIpc) is 2.68. The summed E-state index contributed by atoms with van der Waals surface area (Å²) in [7, 11) is 0. The van der Waals surface area contributed by atoms with Crippen molar-refractivity contribution in [2.75, 3.05) is 6.54 Å². The van der Waals surface area contributed by atoms with E-state index in [9.17, 15) is 25.5 Å². The van der Waals surface area contributed by atoms with Gasteiger partial charge in [0.2, 0.25) is 11.5 Å². The average molecular weight is 255 g/mol. The van der Waals surface area contributed by atoms with Crippen LogP contribution in [0.2, 0.25) is 0 Å². The number of hydrogen-bond acceptors (Lipinski definition) is 7. The van der Waals surface area contributed by atoms with Crippen LogP contribution in [0.4, 0.5) is 0 Å². The van der Waals surface area contributed by atoms with Gasteiger partial charge in [-0.25, -0.2) is 0 Å². The van der Waals surface area contributed by atoms with Gasteiger partial charge < -0.3 is 30.5 Å². The van der Waals surface area contributed by atoms with Gasteiger partial charge in [-0.05, 0) is 6.42 Å². The molecule has 2 rings (SSSR count). The lowest BCUT2D eigenvalue weighted by Crippen LogP contribution is -2.24. The molecule has 0 aliphatic rings. The van der Waals surface area contributed by atoms with Crippen LogP contribution >= 0.6 is 0 Å². The second-order valence-electron chi connectivity index (χ2n) is 3.80. The van der Waals surface area contributed by atoms with Crippen LogP contribution in [0.3, 0.4) is 0 Å². The summed E-state index contributed by atoms with van der Waals surface area (Å²) in [6.45, 7) is 0.308. The van der Waals surface area contributed by atoms with Crippen LogP contribution in [0.5, 0.6) is 28.9 Å². The molecule has 8 nitrogen and oxygen atoms in total. The van der Waals surface area contributed by atoms with Gasteiger partial charge in [-0.2, -0.15) is 0 Å². The fourth-order valence-corrected chi connectivity index (χ4v) is 1.87. The highest BCUT2D eigenvalue weighted by Crippen LogP contribution is 2.50. The summed E-state index contributed by atoms with van der Waals surface area (Å²) in [5.41, 5.74) is 2.58. The zero-order valence-corrected chi connectivity index (χ0v) is 9.23. The quantitative estimate of drug-likeness (QED) is 0.162. The molecule has 0 saturated carbocycles. The van der Waals surface area contributed by atoms with Crippen molar-refractivity contribution in [3.8, 4) is 28.9 Å². The summed E-state index contributed by atoms with van der Waals surface area (Å²) in [6, 6.07) is 0. The molecule has 0 radical (unpaired) electrons. The molecule has 8 heteroatoms. The Morgan fingerprint density at radius 2 is 1.56 bits per heavy atom. The van der Waals surface area contributed by atoms with Gasteiger partial charge in [0.15, 0.2) is 17.4 Å². The van der Waals surface area contributed by atoms with Crippen molar-refractivity contribution in [2.45, 2.75) is 6.42 Å². The first-order chi connectivity index (χ1) is 8.49. The van der Waals surface area contributed by atoms with Gasteiger partial charge in [0, 0.05) is 12.1 Å². The Bertz CT molecular complexity index is 608. The molecule has 0 atom stereocenters. The largest absolute Gasteiger partial charge is 0.504 e. The van der Waals surface area contributed by atoms with Crippen LogP contribution in [0.1, 0.15) is 5.56 Å². The molecule has 0 spiro atoms.